The Kier molecular flexibility index (Phi) is 2.49. The van der Waals surface area contributed by atoms with E-state index in [1.165, 1.54) is 30.5 Å². The number of nitrogens with zero attached hydrogens (tertiary/aromatic N) is 1. The van der Waals surface area contributed by atoms with Crippen LogP contribution in [-0.2, 0) is 9.47 Å². The number of nitrogens with two attached hydrogens (primary N) is 1. The van der Waals surface area contributed by atoms with Gasteiger partial charge in [0.1, 0.15) is 5.84 Å². The Labute approximate surface area is 107 Å². The highest BCUT2D eigenvalue weighted by Gasteiger charge is 2.43. The number of rotatable bonds is 2. The Balaban J connectivity index is 1.58. The maximum Gasteiger partial charge on any atom is 0.107 e. The summed E-state index contributed by atoms with van der Waals surface area (Å²) in [6, 6.07) is 0. The van der Waals surface area contributed by atoms with Gasteiger partial charge in [-0.1, -0.05) is 0 Å². The van der Waals surface area contributed by atoms with Crippen LogP contribution >= 0.6 is 0 Å². The van der Waals surface area contributed by atoms with Gasteiger partial charge in [-0.3, -0.25) is 0 Å². The first-order chi connectivity index (χ1) is 8.81. The van der Waals surface area contributed by atoms with Crippen LogP contribution in [0.5, 0.6) is 0 Å². The van der Waals surface area contributed by atoms with Crippen molar-refractivity contribution in [1.29, 1.82) is 0 Å². The first kappa shape index (κ1) is 11.0. The molecule has 2 N–H and O–H groups in total. The van der Waals surface area contributed by atoms with Gasteiger partial charge in [0.25, 0.3) is 0 Å². The van der Waals surface area contributed by atoms with Crippen molar-refractivity contribution in [3.05, 3.63) is 11.3 Å². The second-order valence-electron chi connectivity index (χ2n) is 5.89. The normalized spacial score (nSPS) is 42.3. The maximum atomic E-state index is 6.15. The predicted octanol–water partition coefficient (Wildman–Crippen LogP) is 1.75. The van der Waals surface area contributed by atoms with Crippen LogP contribution in [0.15, 0.2) is 16.3 Å². The fourth-order valence-electron chi connectivity index (χ4n) is 3.87. The molecule has 4 atom stereocenters. The van der Waals surface area contributed by atoms with Crippen molar-refractivity contribution in [3.63, 3.8) is 0 Å². The van der Waals surface area contributed by atoms with E-state index in [4.69, 9.17) is 15.2 Å². The van der Waals surface area contributed by atoms with E-state index in [2.05, 4.69) is 4.99 Å². The molecular formula is C14H20N2O2. The van der Waals surface area contributed by atoms with E-state index in [1.54, 1.807) is 0 Å². The summed E-state index contributed by atoms with van der Waals surface area (Å²) in [6.07, 6.45) is 7.70. The summed E-state index contributed by atoms with van der Waals surface area (Å²) < 4.78 is 11.8. The number of hydrogen-bond donors (Lipinski definition) is 1. The lowest BCUT2D eigenvalue weighted by atomic mass is 9.87. The first-order valence-electron chi connectivity index (χ1n) is 7.15. The van der Waals surface area contributed by atoms with Crippen molar-refractivity contribution < 1.29 is 9.47 Å². The minimum absolute atomic E-state index is 0.284. The van der Waals surface area contributed by atoms with Crippen LogP contribution in [0.4, 0.5) is 0 Å². The highest BCUT2D eigenvalue weighted by molar-refractivity contribution is 5.89. The highest BCUT2D eigenvalue weighted by Crippen LogP contribution is 2.45. The van der Waals surface area contributed by atoms with Gasteiger partial charge in [-0.05, 0) is 37.7 Å². The summed E-state index contributed by atoms with van der Waals surface area (Å²) in [4.78, 5) is 4.61. The number of ether oxygens (including phenoxy) is 2. The fraction of sp³-hybridized carbons (Fsp3) is 0.786. The molecule has 0 aromatic rings. The van der Waals surface area contributed by atoms with Crippen molar-refractivity contribution in [1.82, 2.24) is 0 Å². The van der Waals surface area contributed by atoms with Gasteiger partial charge in [0.05, 0.1) is 18.3 Å². The quantitative estimate of drug-likeness (QED) is 0.810. The summed E-state index contributed by atoms with van der Waals surface area (Å²) in [7, 11) is 0. The predicted molar refractivity (Wildman–Crippen MR) is 68.2 cm³/mol. The molecule has 98 valence electrons. The molecule has 0 saturated carbocycles. The zero-order valence-electron chi connectivity index (χ0n) is 10.6. The smallest absolute Gasteiger partial charge is 0.107 e. The molecule has 4 rings (SSSR count). The minimum Gasteiger partial charge on any atom is -0.387 e. The molecule has 4 aliphatic heterocycles. The molecule has 18 heavy (non-hydrogen) atoms. The third kappa shape index (κ3) is 1.62. The lowest BCUT2D eigenvalue weighted by molar-refractivity contribution is 0.0456. The topological polar surface area (TPSA) is 56.8 Å². The Morgan fingerprint density at radius 2 is 2.22 bits per heavy atom. The molecule has 0 spiro atoms. The van der Waals surface area contributed by atoms with Crippen LogP contribution in [0.1, 0.15) is 38.5 Å². The monoisotopic (exact) mass is 248 g/mol. The summed E-state index contributed by atoms with van der Waals surface area (Å²) in [5.74, 6) is 1.08. The Bertz CT molecular complexity index is 424. The van der Waals surface area contributed by atoms with Crippen molar-refractivity contribution >= 4 is 5.84 Å². The average Bonchev–Trinajstić information content (AvgIpc) is 3.03. The largest absolute Gasteiger partial charge is 0.387 e. The van der Waals surface area contributed by atoms with Gasteiger partial charge in [-0.2, -0.15) is 0 Å². The van der Waals surface area contributed by atoms with E-state index in [9.17, 15) is 0 Å². The van der Waals surface area contributed by atoms with Gasteiger partial charge < -0.3 is 15.2 Å². The van der Waals surface area contributed by atoms with Crippen molar-refractivity contribution in [3.8, 4) is 0 Å². The molecule has 4 aliphatic rings. The molecule has 0 radical (unpaired) electrons. The molecule has 2 saturated heterocycles. The summed E-state index contributed by atoms with van der Waals surface area (Å²) in [5, 5.41) is 0. The number of amidine groups is 1. The van der Waals surface area contributed by atoms with Crippen LogP contribution in [0, 0.1) is 5.92 Å². The Morgan fingerprint density at radius 1 is 1.28 bits per heavy atom. The second-order valence-corrected chi connectivity index (χ2v) is 5.89. The van der Waals surface area contributed by atoms with Gasteiger partial charge in [0, 0.05) is 24.6 Å². The van der Waals surface area contributed by atoms with Crippen molar-refractivity contribution in [2.75, 3.05) is 6.61 Å². The maximum absolute atomic E-state index is 6.15. The molecule has 4 heterocycles. The third-order valence-electron chi connectivity index (χ3n) is 4.73. The van der Waals surface area contributed by atoms with E-state index in [0.29, 0.717) is 12.2 Å². The molecule has 2 fully saturated rings. The second kappa shape index (κ2) is 4.07. The molecule has 0 aromatic heterocycles. The zero-order chi connectivity index (χ0) is 12.1. The summed E-state index contributed by atoms with van der Waals surface area (Å²) in [5.41, 5.74) is 8.76. The first-order valence-corrected chi connectivity index (χ1v) is 7.15. The lowest BCUT2D eigenvalue weighted by Crippen LogP contribution is -2.31. The minimum atomic E-state index is 0.284. The highest BCUT2D eigenvalue weighted by atomic mass is 16.5. The number of fused-ring (bicyclic) bond motifs is 3. The Morgan fingerprint density at radius 3 is 3.06 bits per heavy atom. The number of aliphatic imine (C=N–C) groups is 1. The van der Waals surface area contributed by atoms with E-state index in [1.807, 2.05) is 0 Å². The molecule has 0 aromatic carbocycles. The fourth-order valence-corrected chi connectivity index (χ4v) is 3.87. The van der Waals surface area contributed by atoms with Crippen molar-refractivity contribution in [2.45, 2.75) is 56.8 Å². The Hall–Kier alpha value is -0.870. The molecule has 0 aliphatic carbocycles. The van der Waals surface area contributed by atoms with Gasteiger partial charge in [0.15, 0.2) is 0 Å². The van der Waals surface area contributed by atoms with Crippen LogP contribution < -0.4 is 5.73 Å². The van der Waals surface area contributed by atoms with E-state index >= 15 is 0 Å². The van der Waals surface area contributed by atoms with Crippen LogP contribution in [-0.4, -0.2) is 30.8 Å². The molecular weight excluding hydrogens is 228 g/mol. The van der Waals surface area contributed by atoms with Crippen LogP contribution in [0.2, 0.25) is 0 Å². The third-order valence-corrected chi connectivity index (χ3v) is 4.73. The molecule has 2 bridgehead atoms. The van der Waals surface area contributed by atoms with Gasteiger partial charge >= 0.3 is 0 Å². The summed E-state index contributed by atoms with van der Waals surface area (Å²) >= 11 is 0. The van der Waals surface area contributed by atoms with Gasteiger partial charge in [0.2, 0.25) is 0 Å². The van der Waals surface area contributed by atoms with E-state index in [0.717, 1.165) is 31.7 Å². The van der Waals surface area contributed by atoms with Gasteiger partial charge in [-0.15, -0.1) is 0 Å². The van der Waals surface area contributed by atoms with E-state index in [-0.39, 0.29) is 12.0 Å². The van der Waals surface area contributed by atoms with Crippen LogP contribution in [0.3, 0.4) is 0 Å². The standard InChI is InChI=1S/C14H20N2O2/c15-14-10(6-8-2-1-5-17-8)13-11(16-14)7-9-3-4-12(13)18-9/h8-10,12H,1-7H2,(H2,15,16)/t8-,9?,10?,12?/m1/s1. The van der Waals surface area contributed by atoms with E-state index < -0.39 is 0 Å². The molecule has 3 unspecified atom stereocenters. The van der Waals surface area contributed by atoms with Crippen molar-refractivity contribution in [2.24, 2.45) is 16.6 Å². The number of hydrogen-bond acceptors (Lipinski definition) is 4. The summed E-state index contributed by atoms with van der Waals surface area (Å²) in [6.45, 7) is 0.905. The molecule has 4 heteroatoms. The molecule has 0 amide bonds. The average molecular weight is 248 g/mol. The molecule has 4 nitrogen and oxygen atoms in total. The van der Waals surface area contributed by atoms with Crippen LogP contribution in [0.25, 0.3) is 0 Å². The van der Waals surface area contributed by atoms with Gasteiger partial charge in [-0.25, -0.2) is 4.99 Å². The zero-order valence-corrected chi connectivity index (χ0v) is 10.6. The SMILES string of the molecule is NC1=NC2=C(C3CCC(C2)O3)C1C[C@H]1CCCO1. The lowest BCUT2D eigenvalue weighted by Gasteiger charge is -2.27.